The molecule has 3 aromatic rings. The van der Waals surface area contributed by atoms with Crippen LogP contribution in [0.2, 0.25) is 10.0 Å². The van der Waals surface area contributed by atoms with E-state index in [-0.39, 0.29) is 16.5 Å². The van der Waals surface area contributed by atoms with Gasteiger partial charge in [0.1, 0.15) is 17.1 Å². The average molecular weight is 484 g/mol. The quantitative estimate of drug-likeness (QED) is 0.507. The Hall–Kier alpha value is -1.97. The number of rotatable bonds is 6. The van der Waals surface area contributed by atoms with Crippen LogP contribution >= 0.6 is 34.5 Å². The van der Waals surface area contributed by atoms with Crippen molar-refractivity contribution in [3.8, 4) is 5.75 Å². The van der Waals surface area contributed by atoms with Crippen LogP contribution in [0.1, 0.15) is 10.4 Å². The Bertz CT molecular complexity index is 1100. The number of benzene rings is 2. The normalized spacial score (nSPS) is 14.7. The monoisotopic (exact) mass is 483 g/mol. The van der Waals surface area contributed by atoms with Gasteiger partial charge in [0.2, 0.25) is 0 Å². The van der Waals surface area contributed by atoms with Gasteiger partial charge in [-0.2, -0.15) is 0 Å². The lowest BCUT2D eigenvalue weighted by Gasteiger charge is -2.29. The van der Waals surface area contributed by atoms with E-state index in [9.17, 15) is 9.18 Å². The Morgan fingerprint density at radius 3 is 2.74 bits per heavy atom. The third kappa shape index (κ3) is 4.78. The van der Waals surface area contributed by atoms with Crippen LogP contribution in [0.3, 0.4) is 0 Å². The molecule has 1 aromatic heterocycles. The number of morpholine rings is 1. The number of nitrogens with zero attached hydrogens (tertiary/aromatic N) is 3. The third-order valence-electron chi connectivity index (χ3n) is 5.05. The predicted octanol–water partition coefficient (Wildman–Crippen LogP) is 4.73. The first kappa shape index (κ1) is 22.2. The number of ether oxygens (including phenoxy) is 2. The molecule has 0 unspecified atom stereocenters. The third-order valence-corrected chi connectivity index (χ3v) is 6.90. The van der Waals surface area contributed by atoms with E-state index in [1.54, 1.807) is 24.1 Å². The second-order valence-electron chi connectivity index (χ2n) is 6.96. The maximum Gasteiger partial charge on any atom is 0.261 e. The number of methoxy groups -OCH3 is 1. The Labute approximate surface area is 193 Å². The summed E-state index contributed by atoms with van der Waals surface area (Å²) in [6.07, 6.45) is 0. The standard InChI is InChI=1S/C21H20Cl2FN3O3S/c1-29-17-5-4-15(22)19-18(17)25-21(31-19)27(7-6-26-8-10-30-11-9-26)20(28)14-3-2-13(24)12-16(14)23/h2-5,12H,6-11H2,1H3. The van der Waals surface area contributed by atoms with Crippen LogP contribution in [0.15, 0.2) is 30.3 Å². The molecule has 0 radical (unpaired) electrons. The van der Waals surface area contributed by atoms with E-state index in [0.29, 0.717) is 47.7 Å². The summed E-state index contributed by atoms with van der Waals surface area (Å²) in [4.78, 5) is 21.9. The molecule has 4 rings (SSSR count). The molecule has 2 aromatic carbocycles. The number of amides is 1. The van der Waals surface area contributed by atoms with Crippen LogP contribution < -0.4 is 9.64 Å². The molecule has 0 atom stereocenters. The van der Waals surface area contributed by atoms with Gasteiger partial charge in [-0.05, 0) is 30.3 Å². The Balaban J connectivity index is 1.71. The van der Waals surface area contributed by atoms with Crippen LogP contribution in [-0.2, 0) is 4.74 Å². The Morgan fingerprint density at radius 2 is 2.03 bits per heavy atom. The molecule has 1 aliphatic rings. The molecule has 1 fully saturated rings. The van der Waals surface area contributed by atoms with Crippen LogP contribution in [0.4, 0.5) is 9.52 Å². The van der Waals surface area contributed by atoms with Gasteiger partial charge in [0.15, 0.2) is 5.13 Å². The lowest BCUT2D eigenvalue weighted by molar-refractivity contribution is 0.0391. The average Bonchev–Trinajstić information content (AvgIpc) is 3.21. The minimum Gasteiger partial charge on any atom is -0.494 e. The molecule has 0 saturated carbocycles. The molecule has 1 aliphatic heterocycles. The fraction of sp³-hybridized carbons (Fsp3) is 0.333. The van der Waals surface area contributed by atoms with Crippen molar-refractivity contribution in [1.82, 2.24) is 9.88 Å². The zero-order valence-electron chi connectivity index (χ0n) is 16.7. The van der Waals surface area contributed by atoms with Crippen molar-refractivity contribution in [2.24, 2.45) is 0 Å². The van der Waals surface area contributed by atoms with Crippen LogP contribution in [-0.4, -0.2) is 62.3 Å². The molecular weight excluding hydrogens is 464 g/mol. The van der Waals surface area contributed by atoms with Crippen LogP contribution in [0.5, 0.6) is 5.75 Å². The minimum absolute atomic E-state index is 0.0538. The van der Waals surface area contributed by atoms with Crippen molar-refractivity contribution in [3.63, 3.8) is 0 Å². The van der Waals surface area contributed by atoms with E-state index in [4.69, 9.17) is 32.7 Å². The van der Waals surface area contributed by atoms with Gasteiger partial charge in [-0.15, -0.1) is 0 Å². The lowest BCUT2D eigenvalue weighted by atomic mass is 10.2. The molecule has 164 valence electrons. The molecule has 31 heavy (non-hydrogen) atoms. The highest BCUT2D eigenvalue weighted by atomic mass is 35.5. The van der Waals surface area contributed by atoms with Crippen molar-refractivity contribution in [1.29, 1.82) is 0 Å². The van der Waals surface area contributed by atoms with Crippen molar-refractivity contribution in [2.75, 3.05) is 51.4 Å². The molecular formula is C21H20Cl2FN3O3S. The van der Waals surface area contributed by atoms with Gasteiger partial charge in [-0.25, -0.2) is 9.37 Å². The molecule has 0 bridgehead atoms. The summed E-state index contributed by atoms with van der Waals surface area (Å²) in [5.41, 5.74) is 0.798. The van der Waals surface area contributed by atoms with Crippen LogP contribution in [0, 0.1) is 5.82 Å². The van der Waals surface area contributed by atoms with Crippen molar-refractivity contribution >= 4 is 55.8 Å². The largest absolute Gasteiger partial charge is 0.494 e. The summed E-state index contributed by atoms with van der Waals surface area (Å²) in [5, 5.41) is 1.05. The second kappa shape index (κ2) is 9.67. The molecule has 1 saturated heterocycles. The van der Waals surface area contributed by atoms with Gasteiger partial charge >= 0.3 is 0 Å². The summed E-state index contributed by atoms with van der Waals surface area (Å²) in [6, 6.07) is 7.22. The van der Waals surface area contributed by atoms with Gasteiger partial charge in [0, 0.05) is 26.2 Å². The molecule has 6 nitrogen and oxygen atoms in total. The fourth-order valence-corrected chi connectivity index (χ4v) is 4.91. The molecule has 0 N–H and O–H groups in total. The number of anilines is 1. The van der Waals surface area contributed by atoms with Gasteiger partial charge in [-0.3, -0.25) is 14.6 Å². The number of thiazole rings is 1. The molecule has 1 amide bonds. The SMILES string of the molecule is COc1ccc(Cl)c2sc(N(CCN3CCOCC3)C(=O)c3ccc(F)cc3Cl)nc12. The van der Waals surface area contributed by atoms with Gasteiger partial charge in [-0.1, -0.05) is 34.5 Å². The van der Waals surface area contributed by atoms with Gasteiger partial charge in [0.25, 0.3) is 5.91 Å². The molecule has 0 aliphatic carbocycles. The number of hydrogen-bond donors (Lipinski definition) is 0. The van der Waals surface area contributed by atoms with E-state index < -0.39 is 5.82 Å². The van der Waals surface area contributed by atoms with E-state index in [2.05, 4.69) is 9.88 Å². The Morgan fingerprint density at radius 1 is 1.26 bits per heavy atom. The molecule has 2 heterocycles. The van der Waals surface area contributed by atoms with Crippen molar-refractivity contribution in [3.05, 3.63) is 51.8 Å². The Kier molecular flexibility index (Phi) is 6.93. The van der Waals surface area contributed by atoms with E-state index in [0.717, 1.165) is 23.9 Å². The number of fused-ring (bicyclic) bond motifs is 1. The lowest BCUT2D eigenvalue weighted by Crippen LogP contribution is -2.43. The highest BCUT2D eigenvalue weighted by Gasteiger charge is 2.26. The summed E-state index contributed by atoms with van der Waals surface area (Å²) in [5.74, 6) is -0.285. The summed E-state index contributed by atoms with van der Waals surface area (Å²) in [6.45, 7) is 3.91. The van der Waals surface area contributed by atoms with Gasteiger partial charge < -0.3 is 9.47 Å². The maximum absolute atomic E-state index is 13.5. The summed E-state index contributed by atoms with van der Waals surface area (Å²) < 4.78 is 25.1. The zero-order chi connectivity index (χ0) is 22.0. The smallest absolute Gasteiger partial charge is 0.261 e. The number of aromatic nitrogens is 1. The first-order chi connectivity index (χ1) is 15.0. The first-order valence-electron chi connectivity index (χ1n) is 9.68. The first-order valence-corrected chi connectivity index (χ1v) is 11.2. The number of carbonyl (C=O) groups is 1. The predicted molar refractivity (Wildman–Crippen MR) is 122 cm³/mol. The topological polar surface area (TPSA) is 54.9 Å². The zero-order valence-corrected chi connectivity index (χ0v) is 19.1. The fourth-order valence-electron chi connectivity index (χ4n) is 3.38. The summed E-state index contributed by atoms with van der Waals surface area (Å²) in [7, 11) is 1.56. The second-order valence-corrected chi connectivity index (χ2v) is 8.75. The van der Waals surface area contributed by atoms with Gasteiger partial charge in [0.05, 0.1) is 40.6 Å². The van der Waals surface area contributed by atoms with Crippen molar-refractivity contribution in [2.45, 2.75) is 0 Å². The van der Waals surface area contributed by atoms with E-state index in [1.165, 1.54) is 23.5 Å². The number of hydrogen-bond acceptors (Lipinski definition) is 6. The summed E-state index contributed by atoms with van der Waals surface area (Å²) >= 11 is 13.9. The number of carbonyl (C=O) groups excluding carboxylic acids is 1. The van der Waals surface area contributed by atoms with Crippen LogP contribution in [0.25, 0.3) is 10.2 Å². The highest BCUT2D eigenvalue weighted by Crippen LogP contribution is 2.39. The molecule has 0 spiro atoms. The maximum atomic E-state index is 13.5. The number of halogens is 3. The molecule has 10 heteroatoms. The minimum atomic E-state index is -0.502. The highest BCUT2D eigenvalue weighted by molar-refractivity contribution is 7.23. The van der Waals surface area contributed by atoms with Crippen molar-refractivity contribution < 1.29 is 18.7 Å². The van der Waals surface area contributed by atoms with E-state index >= 15 is 0 Å². The van der Waals surface area contributed by atoms with E-state index in [1.807, 2.05) is 0 Å².